The Labute approximate surface area is 85.0 Å². The molecule has 0 aliphatic rings. The van der Waals surface area contributed by atoms with Gasteiger partial charge in [0.15, 0.2) is 0 Å². The van der Waals surface area contributed by atoms with Crippen LogP contribution in [0.15, 0.2) is 17.3 Å². The lowest BCUT2D eigenvalue weighted by Crippen LogP contribution is -2.05. The molecule has 0 aliphatic carbocycles. The van der Waals surface area contributed by atoms with Gasteiger partial charge < -0.3 is 15.9 Å². The number of aliphatic hydroxyl groups excluding tert-OH is 1. The Morgan fingerprint density at radius 2 is 2.36 bits per heavy atom. The highest BCUT2D eigenvalue weighted by atomic mass is 32.2. The van der Waals surface area contributed by atoms with Crippen LogP contribution in [0.1, 0.15) is 10.4 Å². The monoisotopic (exact) mass is 214 g/mol. The molecule has 76 valence electrons. The van der Waals surface area contributed by atoms with E-state index in [0.717, 1.165) is 0 Å². The predicted octanol–water partition coefficient (Wildman–Crippen LogP) is 0.446. The Kier molecular flexibility index (Phi) is 3.73. The number of hydrogen-bond acceptors (Lipinski definition) is 5. The van der Waals surface area contributed by atoms with Gasteiger partial charge in [-0.05, 0) is 6.07 Å². The van der Waals surface area contributed by atoms with Crippen LogP contribution in [-0.4, -0.2) is 33.5 Å². The summed E-state index contributed by atoms with van der Waals surface area (Å²) in [5.74, 6) is -0.629. The zero-order chi connectivity index (χ0) is 10.6. The molecule has 0 saturated heterocycles. The number of nitrogens with two attached hydrogens (primary N) is 1. The van der Waals surface area contributed by atoms with Crippen molar-refractivity contribution in [1.29, 1.82) is 0 Å². The average molecular weight is 214 g/mol. The van der Waals surface area contributed by atoms with Crippen LogP contribution in [0.2, 0.25) is 0 Å². The van der Waals surface area contributed by atoms with Crippen molar-refractivity contribution < 1.29 is 15.0 Å². The van der Waals surface area contributed by atoms with Crippen molar-refractivity contribution in [2.75, 3.05) is 18.1 Å². The molecule has 0 fully saturated rings. The molecule has 0 aromatic carbocycles. The van der Waals surface area contributed by atoms with Crippen LogP contribution in [-0.2, 0) is 0 Å². The first-order valence-corrected chi connectivity index (χ1v) is 4.86. The van der Waals surface area contributed by atoms with Gasteiger partial charge in [0.05, 0.1) is 17.9 Å². The minimum Gasteiger partial charge on any atom is -0.478 e. The molecule has 0 amide bonds. The van der Waals surface area contributed by atoms with Gasteiger partial charge in [-0.3, -0.25) is 0 Å². The fourth-order valence-corrected chi connectivity index (χ4v) is 1.58. The Balaban J connectivity index is 2.95. The summed E-state index contributed by atoms with van der Waals surface area (Å²) in [6.07, 6.45) is 1.39. The van der Waals surface area contributed by atoms with Gasteiger partial charge in [-0.15, -0.1) is 11.8 Å². The number of carboxylic acids is 1. The molecule has 0 bridgehead atoms. The van der Waals surface area contributed by atoms with Crippen molar-refractivity contribution in [3.05, 3.63) is 17.8 Å². The first-order chi connectivity index (χ1) is 6.66. The third kappa shape index (κ3) is 2.36. The van der Waals surface area contributed by atoms with Gasteiger partial charge in [-0.1, -0.05) is 0 Å². The van der Waals surface area contributed by atoms with E-state index in [9.17, 15) is 4.79 Å². The van der Waals surface area contributed by atoms with Crippen molar-refractivity contribution in [2.45, 2.75) is 5.03 Å². The number of aromatic carboxylic acids is 1. The number of carboxylic acid groups (broad SMARTS) is 1. The van der Waals surface area contributed by atoms with Crippen LogP contribution >= 0.6 is 11.8 Å². The molecule has 1 aromatic heterocycles. The number of hydrogen-bond donors (Lipinski definition) is 3. The molecular formula is C8H10N2O3S. The lowest BCUT2D eigenvalue weighted by molar-refractivity contribution is 0.0697. The fourth-order valence-electron chi connectivity index (χ4n) is 0.898. The second-order valence-electron chi connectivity index (χ2n) is 2.45. The normalized spacial score (nSPS) is 10.1. The summed E-state index contributed by atoms with van der Waals surface area (Å²) in [7, 11) is 0. The maximum atomic E-state index is 10.7. The van der Waals surface area contributed by atoms with E-state index in [1.54, 1.807) is 0 Å². The zero-order valence-electron chi connectivity index (χ0n) is 7.30. The molecule has 6 heteroatoms. The number of aliphatic hydroxyl groups is 1. The van der Waals surface area contributed by atoms with E-state index in [2.05, 4.69) is 4.98 Å². The summed E-state index contributed by atoms with van der Waals surface area (Å²) >= 11 is 1.23. The number of pyridine rings is 1. The third-order valence-corrected chi connectivity index (χ3v) is 2.50. The smallest absolute Gasteiger partial charge is 0.337 e. The summed E-state index contributed by atoms with van der Waals surface area (Å²) < 4.78 is 0. The summed E-state index contributed by atoms with van der Waals surface area (Å²) in [5.41, 5.74) is 5.77. The van der Waals surface area contributed by atoms with E-state index in [0.29, 0.717) is 10.8 Å². The standard InChI is InChI=1S/C8H10N2O3S/c9-6-5(8(12)13)1-2-10-7(6)14-4-3-11/h1-2,11H,3-4,9H2,(H,12,13). The topological polar surface area (TPSA) is 96.4 Å². The Hall–Kier alpha value is -1.27. The molecule has 4 N–H and O–H groups in total. The van der Waals surface area contributed by atoms with Crippen molar-refractivity contribution >= 4 is 23.4 Å². The largest absolute Gasteiger partial charge is 0.478 e. The van der Waals surface area contributed by atoms with Gasteiger partial charge in [0.1, 0.15) is 5.03 Å². The molecule has 1 rings (SSSR count). The lowest BCUT2D eigenvalue weighted by Gasteiger charge is -2.05. The molecule has 0 saturated carbocycles. The van der Waals surface area contributed by atoms with E-state index < -0.39 is 5.97 Å². The van der Waals surface area contributed by atoms with Crippen LogP contribution in [0, 0.1) is 0 Å². The Bertz CT molecular complexity index is 343. The summed E-state index contributed by atoms with van der Waals surface area (Å²) in [6, 6.07) is 1.35. The molecular weight excluding hydrogens is 204 g/mol. The molecule has 1 aromatic rings. The fraction of sp³-hybridized carbons (Fsp3) is 0.250. The maximum Gasteiger partial charge on any atom is 0.337 e. The summed E-state index contributed by atoms with van der Waals surface area (Å²) in [5, 5.41) is 17.8. The van der Waals surface area contributed by atoms with E-state index >= 15 is 0 Å². The second kappa shape index (κ2) is 4.83. The molecule has 0 radical (unpaired) electrons. The number of carbonyl (C=O) groups is 1. The molecule has 5 nitrogen and oxygen atoms in total. The van der Waals surface area contributed by atoms with Crippen LogP contribution in [0.3, 0.4) is 0 Å². The molecule has 0 unspecified atom stereocenters. The van der Waals surface area contributed by atoms with Gasteiger partial charge >= 0.3 is 5.97 Å². The number of nitrogens with zero attached hydrogens (tertiary/aromatic N) is 1. The van der Waals surface area contributed by atoms with Crippen LogP contribution in [0.4, 0.5) is 5.69 Å². The molecule has 1 heterocycles. The van der Waals surface area contributed by atoms with Crippen molar-refractivity contribution in [3.8, 4) is 0 Å². The van der Waals surface area contributed by atoms with Crippen LogP contribution in [0.25, 0.3) is 0 Å². The Morgan fingerprint density at radius 3 is 2.93 bits per heavy atom. The highest BCUT2D eigenvalue weighted by Gasteiger charge is 2.11. The van der Waals surface area contributed by atoms with E-state index in [-0.39, 0.29) is 17.9 Å². The van der Waals surface area contributed by atoms with Gasteiger partial charge in [-0.25, -0.2) is 9.78 Å². The van der Waals surface area contributed by atoms with Gasteiger partial charge in [0.25, 0.3) is 0 Å². The van der Waals surface area contributed by atoms with Crippen LogP contribution < -0.4 is 5.73 Å². The first kappa shape index (κ1) is 10.8. The second-order valence-corrected chi connectivity index (χ2v) is 3.54. The molecule has 14 heavy (non-hydrogen) atoms. The van der Waals surface area contributed by atoms with Gasteiger partial charge in [0.2, 0.25) is 0 Å². The quantitative estimate of drug-likeness (QED) is 0.629. The maximum absolute atomic E-state index is 10.7. The number of rotatable bonds is 4. The molecule has 0 aliphatic heterocycles. The minimum atomic E-state index is -1.07. The van der Waals surface area contributed by atoms with E-state index in [1.165, 1.54) is 24.0 Å². The SMILES string of the molecule is Nc1c(C(=O)O)ccnc1SCCO. The highest BCUT2D eigenvalue weighted by molar-refractivity contribution is 7.99. The summed E-state index contributed by atoms with van der Waals surface area (Å²) in [4.78, 5) is 14.6. The molecule has 0 spiro atoms. The zero-order valence-corrected chi connectivity index (χ0v) is 8.12. The van der Waals surface area contributed by atoms with E-state index in [4.69, 9.17) is 15.9 Å². The van der Waals surface area contributed by atoms with E-state index in [1.807, 2.05) is 0 Å². The highest BCUT2D eigenvalue weighted by Crippen LogP contribution is 2.24. The first-order valence-electron chi connectivity index (χ1n) is 3.88. The molecule has 0 atom stereocenters. The van der Waals surface area contributed by atoms with Crippen molar-refractivity contribution in [3.63, 3.8) is 0 Å². The van der Waals surface area contributed by atoms with Crippen LogP contribution in [0.5, 0.6) is 0 Å². The lowest BCUT2D eigenvalue weighted by atomic mass is 10.2. The Morgan fingerprint density at radius 1 is 1.64 bits per heavy atom. The number of aromatic nitrogens is 1. The third-order valence-electron chi connectivity index (χ3n) is 1.51. The van der Waals surface area contributed by atoms with Gasteiger partial charge in [0, 0.05) is 11.9 Å². The summed E-state index contributed by atoms with van der Waals surface area (Å²) in [6.45, 7) is 0.00306. The number of thioether (sulfide) groups is 1. The number of nitrogen functional groups attached to an aromatic ring is 1. The predicted molar refractivity (Wildman–Crippen MR) is 53.4 cm³/mol. The van der Waals surface area contributed by atoms with Crippen molar-refractivity contribution in [1.82, 2.24) is 4.98 Å². The van der Waals surface area contributed by atoms with Crippen molar-refractivity contribution in [2.24, 2.45) is 0 Å². The minimum absolute atomic E-state index is 0.00306. The van der Waals surface area contributed by atoms with Gasteiger partial charge in [-0.2, -0.15) is 0 Å². The number of anilines is 1. The average Bonchev–Trinajstić information content (AvgIpc) is 2.16.